The van der Waals surface area contributed by atoms with Crippen LogP contribution in [0, 0.1) is 0 Å². The normalized spacial score (nSPS) is 12.2. The molecule has 0 aliphatic heterocycles. The fourth-order valence-electron chi connectivity index (χ4n) is 8.80. The monoisotopic (exact) mass is 660 g/mol. The zero-order valence-electron chi connectivity index (χ0n) is 28.0. The summed E-state index contributed by atoms with van der Waals surface area (Å²) >= 11 is 0. The molecule has 52 heavy (non-hydrogen) atoms. The Hall–Kier alpha value is -7.04. The summed E-state index contributed by atoms with van der Waals surface area (Å²) in [4.78, 5) is 11.0. The molecule has 8 aromatic carbocycles. The summed E-state index contributed by atoms with van der Waals surface area (Å²) in [5.74, 6) is 0.827. The molecule has 0 fully saturated rings. The van der Waals surface area contributed by atoms with Gasteiger partial charge in [0.15, 0.2) is 5.82 Å². The molecule has 0 atom stereocenters. The molecule has 4 aromatic heterocycles. The van der Waals surface area contributed by atoms with Gasteiger partial charge in [0.25, 0.3) is 0 Å². The van der Waals surface area contributed by atoms with Gasteiger partial charge in [0.2, 0.25) is 0 Å². The maximum Gasteiger partial charge on any atom is 0.165 e. The van der Waals surface area contributed by atoms with Crippen LogP contribution in [0.2, 0.25) is 0 Å². The lowest BCUT2D eigenvalue weighted by atomic mass is 10.0. The molecule has 0 saturated carbocycles. The predicted octanol–water partition coefficient (Wildman–Crippen LogP) is 12.4. The average molecular weight is 661 g/mol. The fourth-order valence-corrected chi connectivity index (χ4v) is 8.80. The van der Waals surface area contributed by atoms with E-state index >= 15 is 0 Å². The summed E-state index contributed by atoms with van der Waals surface area (Å²) in [6, 6.07) is 61.0. The third kappa shape index (κ3) is 3.65. The molecule has 0 bridgehead atoms. The minimum absolute atomic E-state index is 0.827. The molecule has 0 spiro atoms. The maximum absolute atomic E-state index is 5.58. The standard InChI is InChI=1S/C48H28N4/c1-3-12-29(13-4-1)32-25-27-39-37(28-32)36-20-9-19-35-34-18-10-21-40-43(34)44-41(51(39)47(35)36)22-11-23-42(44)52(40)48-45(31-15-5-2-6-16-31)49-38-26-24-30-14-7-8-17-33(30)46(38)50-48/h1-28H. The molecule has 0 amide bonds. The van der Waals surface area contributed by atoms with E-state index in [0.717, 1.165) is 49.9 Å². The molecule has 4 nitrogen and oxygen atoms in total. The van der Waals surface area contributed by atoms with E-state index in [9.17, 15) is 0 Å². The Morgan fingerprint density at radius 3 is 1.88 bits per heavy atom. The van der Waals surface area contributed by atoms with Crippen LogP contribution in [-0.2, 0) is 0 Å². The molecule has 0 aliphatic carbocycles. The fraction of sp³-hybridized carbons (Fsp3) is 0. The van der Waals surface area contributed by atoms with Crippen molar-refractivity contribution in [1.82, 2.24) is 18.9 Å². The maximum atomic E-state index is 5.58. The first kappa shape index (κ1) is 27.7. The van der Waals surface area contributed by atoms with Gasteiger partial charge in [-0.15, -0.1) is 0 Å². The van der Waals surface area contributed by atoms with E-state index in [1.165, 1.54) is 60.0 Å². The second-order valence-electron chi connectivity index (χ2n) is 13.8. The van der Waals surface area contributed by atoms with Crippen molar-refractivity contribution < 1.29 is 0 Å². The third-order valence-electron chi connectivity index (χ3n) is 11.0. The van der Waals surface area contributed by atoms with Crippen molar-refractivity contribution in [1.29, 1.82) is 0 Å². The van der Waals surface area contributed by atoms with Crippen molar-refractivity contribution in [3.8, 4) is 28.2 Å². The minimum Gasteiger partial charge on any atom is -0.308 e. The number of hydrogen-bond donors (Lipinski definition) is 0. The molecule has 12 rings (SSSR count). The Bertz CT molecular complexity index is 3390. The quantitative estimate of drug-likeness (QED) is 0.177. The van der Waals surface area contributed by atoms with E-state index in [0.29, 0.717) is 0 Å². The van der Waals surface area contributed by atoms with Crippen molar-refractivity contribution in [2.45, 2.75) is 0 Å². The highest BCUT2D eigenvalue weighted by Crippen LogP contribution is 2.45. The highest BCUT2D eigenvalue weighted by molar-refractivity contribution is 6.31. The van der Waals surface area contributed by atoms with Crippen molar-refractivity contribution in [3.05, 3.63) is 170 Å². The van der Waals surface area contributed by atoms with Crippen LogP contribution in [0.5, 0.6) is 0 Å². The molecular formula is C48H28N4. The summed E-state index contributed by atoms with van der Waals surface area (Å²) in [7, 11) is 0. The van der Waals surface area contributed by atoms with Crippen LogP contribution in [-0.4, -0.2) is 18.9 Å². The second kappa shape index (κ2) is 10.3. The summed E-state index contributed by atoms with van der Waals surface area (Å²) < 4.78 is 4.86. The van der Waals surface area contributed by atoms with E-state index in [1.807, 2.05) is 0 Å². The molecule has 0 N–H and O–H groups in total. The van der Waals surface area contributed by atoms with Gasteiger partial charge in [-0.1, -0.05) is 133 Å². The molecular weight excluding hydrogens is 633 g/mol. The zero-order valence-corrected chi connectivity index (χ0v) is 28.0. The van der Waals surface area contributed by atoms with Gasteiger partial charge in [-0.25, -0.2) is 9.97 Å². The van der Waals surface area contributed by atoms with E-state index in [2.05, 4.69) is 179 Å². The van der Waals surface area contributed by atoms with Gasteiger partial charge in [0, 0.05) is 37.9 Å². The minimum atomic E-state index is 0.827. The lowest BCUT2D eigenvalue weighted by Crippen LogP contribution is -2.04. The number of fused-ring (bicyclic) bond motifs is 8. The first-order valence-corrected chi connectivity index (χ1v) is 17.8. The first-order chi connectivity index (χ1) is 25.8. The smallest absolute Gasteiger partial charge is 0.165 e. The van der Waals surface area contributed by atoms with Gasteiger partial charge in [0.05, 0.1) is 38.6 Å². The van der Waals surface area contributed by atoms with Crippen molar-refractivity contribution in [2.75, 3.05) is 0 Å². The molecule has 12 aromatic rings. The van der Waals surface area contributed by atoms with Gasteiger partial charge in [-0.3, -0.25) is 4.57 Å². The predicted molar refractivity (Wildman–Crippen MR) is 217 cm³/mol. The SMILES string of the molecule is c1ccc(-c2ccc3c(c2)c2cccc4c5cccc6c5c5c(cccc5n3c42)n6-c2nc3c(ccc4ccccc43)nc2-c2ccccc2)cc1. The topological polar surface area (TPSA) is 35.1 Å². The number of para-hydroxylation sites is 1. The van der Waals surface area contributed by atoms with Crippen LogP contribution < -0.4 is 0 Å². The molecule has 0 aliphatic rings. The van der Waals surface area contributed by atoms with E-state index in [1.54, 1.807) is 0 Å². The van der Waals surface area contributed by atoms with Crippen LogP contribution >= 0.6 is 0 Å². The van der Waals surface area contributed by atoms with E-state index < -0.39 is 0 Å². The van der Waals surface area contributed by atoms with Crippen molar-refractivity contribution >= 4 is 81.7 Å². The van der Waals surface area contributed by atoms with Gasteiger partial charge < -0.3 is 4.40 Å². The average Bonchev–Trinajstić information content (AvgIpc) is 3.69. The van der Waals surface area contributed by atoms with Crippen molar-refractivity contribution in [3.63, 3.8) is 0 Å². The van der Waals surface area contributed by atoms with Gasteiger partial charge in [-0.05, 0) is 58.3 Å². The summed E-state index contributed by atoms with van der Waals surface area (Å²) in [6.07, 6.45) is 0. The molecule has 4 heteroatoms. The molecule has 4 heterocycles. The molecule has 0 saturated heterocycles. The number of rotatable bonds is 3. The first-order valence-electron chi connectivity index (χ1n) is 17.8. The highest BCUT2D eigenvalue weighted by atomic mass is 15.1. The zero-order chi connectivity index (χ0) is 33.9. The van der Waals surface area contributed by atoms with E-state index in [4.69, 9.17) is 9.97 Å². The molecule has 0 radical (unpaired) electrons. The van der Waals surface area contributed by atoms with Crippen LogP contribution in [0.1, 0.15) is 0 Å². The Morgan fingerprint density at radius 2 is 1.04 bits per heavy atom. The van der Waals surface area contributed by atoms with Gasteiger partial charge in [0.1, 0.15) is 5.69 Å². The lowest BCUT2D eigenvalue weighted by molar-refractivity contribution is 1.08. The number of nitrogens with zero attached hydrogens (tertiary/aromatic N) is 4. The summed E-state index contributed by atoms with van der Waals surface area (Å²) in [5, 5.41) is 9.67. The molecule has 0 unspecified atom stereocenters. The molecule has 240 valence electrons. The largest absolute Gasteiger partial charge is 0.308 e. The second-order valence-corrected chi connectivity index (χ2v) is 13.8. The summed E-state index contributed by atoms with van der Waals surface area (Å²) in [6.45, 7) is 0. The lowest BCUT2D eigenvalue weighted by Gasteiger charge is -2.15. The number of benzene rings is 8. The van der Waals surface area contributed by atoms with Gasteiger partial charge >= 0.3 is 0 Å². The van der Waals surface area contributed by atoms with Crippen LogP contribution in [0.15, 0.2) is 170 Å². The summed E-state index contributed by atoms with van der Waals surface area (Å²) in [5.41, 5.74) is 12.0. The van der Waals surface area contributed by atoms with Crippen LogP contribution in [0.4, 0.5) is 0 Å². The number of aromatic nitrogens is 4. The van der Waals surface area contributed by atoms with Crippen LogP contribution in [0.3, 0.4) is 0 Å². The van der Waals surface area contributed by atoms with Crippen molar-refractivity contribution in [2.24, 2.45) is 0 Å². The Kier molecular flexibility index (Phi) is 5.47. The number of hydrogen-bond acceptors (Lipinski definition) is 2. The van der Waals surface area contributed by atoms with Crippen LogP contribution in [0.25, 0.3) is 110 Å². The van der Waals surface area contributed by atoms with E-state index in [-0.39, 0.29) is 0 Å². The Balaban J connectivity index is 1.27. The van der Waals surface area contributed by atoms with Gasteiger partial charge in [-0.2, -0.15) is 0 Å². The Labute approximate surface area is 297 Å². The Morgan fingerprint density at radius 1 is 0.385 bits per heavy atom. The third-order valence-corrected chi connectivity index (χ3v) is 11.0. The highest BCUT2D eigenvalue weighted by Gasteiger charge is 2.24.